The molecule has 0 aliphatic rings. The molecule has 0 saturated carbocycles. The molecule has 1 aromatic rings. The van der Waals surface area contributed by atoms with Gasteiger partial charge in [0.1, 0.15) is 5.75 Å². The molecule has 0 aromatic heterocycles. The Morgan fingerprint density at radius 3 is 2.65 bits per heavy atom. The maximum atomic E-state index is 12.3. The lowest BCUT2D eigenvalue weighted by molar-refractivity contribution is 0.0757. The Bertz CT molecular complexity index is 360. The van der Waals surface area contributed by atoms with E-state index in [1.54, 1.807) is 24.1 Å². The van der Waals surface area contributed by atoms with Crippen molar-refractivity contribution in [2.24, 2.45) is 5.73 Å². The van der Waals surface area contributed by atoms with Gasteiger partial charge in [0.05, 0.1) is 12.7 Å². The number of rotatable bonds is 6. The highest BCUT2D eigenvalue weighted by Crippen LogP contribution is 2.19. The first-order chi connectivity index (χ1) is 8.24. The Labute approximate surface area is 102 Å². The lowest BCUT2D eigenvalue weighted by Gasteiger charge is -2.22. The van der Waals surface area contributed by atoms with E-state index in [1.165, 1.54) is 0 Å². The van der Waals surface area contributed by atoms with E-state index in [0.29, 0.717) is 30.9 Å². The quantitative estimate of drug-likeness (QED) is 0.814. The molecule has 0 heterocycles. The lowest BCUT2D eigenvalue weighted by Crippen LogP contribution is -2.36. The second-order valence-electron chi connectivity index (χ2n) is 3.78. The molecule has 0 unspecified atom stereocenters. The average molecular weight is 236 g/mol. The number of nitrogens with two attached hydrogens (primary N) is 1. The maximum absolute atomic E-state index is 12.3. The van der Waals surface area contributed by atoms with E-state index in [2.05, 4.69) is 0 Å². The van der Waals surface area contributed by atoms with Gasteiger partial charge in [-0.2, -0.15) is 0 Å². The molecule has 2 N–H and O–H groups in total. The highest BCUT2D eigenvalue weighted by molar-refractivity contribution is 5.96. The van der Waals surface area contributed by atoms with Gasteiger partial charge in [-0.15, -0.1) is 0 Å². The van der Waals surface area contributed by atoms with Crippen LogP contribution in [0.1, 0.15) is 23.7 Å². The number of para-hydroxylation sites is 1. The fourth-order valence-electron chi connectivity index (χ4n) is 1.73. The number of hydrogen-bond donors (Lipinski definition) is 1. The van der Waals surface area contributed by atoms with E-state index in [-0.39, 0.29) is 5.91 Å². The third-order valence-corrected chi connectivity index (χ3v) is 2.52. The Kier molecular flexibility index (Phi) is 5.49. The van der Waals surface area contributed by atoms with Gasteiger partial charge in [0, 0.05) is 19.6 Å². The molecule has 0 bridgehead atoms. The van der Waals surface area contributed by atoms with E-state index in [4.69, 9.17) is 10.5 Å². The smallest absolute Gasteiger partial charge is 0.257 e. The SMILES string of the molecule is CCCN(CCN)C(=O)c1ccccc1OC. The molecule has 1 amide bonds. The number of hydrogen-bond acceptors (Lipinski definition) is 3. The van der Waals surface area contributed by atoms with Crippen LogP contribution in [0.4, 0.5) is 0 Å². The van der Waals surface area contributed by atoms with Crippen molar-refractivity contribution >= 4 is 5.91 Å². The van der Waals surface area contributed by atoms with Crippen molar-refractivity contribution in [2.45, 2.75) is 13.3 Å². The number of methoxy groups -OCH3 is 1. The summed E-state index contributed by atoms with van der Waals surface area (Å²) in [7, 11) is 1.57. The molecule has 0 spiro atoms. The molecule has 4 nitrogen and oxygen atoms in total. The summed E-state index contributed by atoms with van der Waals surface area (Å²) in [5.41, 5.74) is 6.12. The zero-order chi connectivity index (χ0) is 12.7. The minimum Gasteiger partial charge on any atom is -0.496 e. The molecular weight excluding hydrogens is 216 g/mol. The Morgan fingerprint density at radius 1 is 1.35 bits per heavy atom. The van der Waals surface area contributed by atoms with E-state index >= 15 is 0 Å². The minimum atomic E-state index is -0.0187. The van der Waals surface area contributed by atoms with Gasteiger partial charge in [-0.3, -0.25) is 4.79 Å². The average Bonchev–Trinajstić information content (AvgIpc) is 2.37. The molecule has 1 rings (SSSR count). The first kappa shape index (κ1) is 13.5. The number of benzene rings is 1. The number of carbonyl (C=O) groups is 1. The fraction of sp³-hybridized carbons (Fsp3) is 0.462. The Hall–Kier alpha value is -1.55. The van der Waals surface area contributed by atoms with Gasteiger partial charge in [0.2, 0.25) is 0 Å². The van der Waals surface area contributed by atoms with Gasteiger partial charge < -0.3 is 15.4 Å². The number of carbonyl (C=O) groups excluding carboxylic acids is 1. The largest absolute Gasteiger partial charge is 0.496 e. The van der Waals surface area contributed by atoms with Crippen molar-refractivity contribution in [3.8, 4) is 5.75 Å². The van der Waals surface area contributed by atoms with Crippen LogP contribution < -0.4 is 10.5 Å². The van der Waals surface area contributed by atoms with Crippen LogP contribution in [-0.2, 0) is 0 Å². The molecule has 94 valence electrons. The second kappa shape index (κ2) is 6.91. The molecular formula is C13H20N2O2. The van der Waals surface area contributed by atoms with Crippen molar-refractivity contribution in [1.82, 2.24) is 4.90 Å². The van der Waals surface area contributed by atoms with Gasteiger partial charge in [-0.25, -0.2) is 0 Å². The van der Waals surface area contributed by atoms with E-state index in [0.717, 1.165) is 6.42 Å². The number of ether oxygens (including phenoxy) is 1. The number of amides is 1. The standard InChI is InChI=1S/C13H20N2O2/c1-3-9-15(10-8-14)13(16)11-6-4-5-7-12(11)17-2/h4-7H,3,8-10,14H2,1-2H3. The van der Waals surface area contributed by atoms with Crippen molar-refractivity contribution in [1.29, 1.82) is 0 Å². The molecule has 1 aromatic carbocycles. The minimum absolute atomic E-state index is 0.0187. The van der Waals surface area contributed by atoms with E-state index in [9.17, 15) is 4.79 Å². The van der Waals surface area contributed by atoms with Gasteiger partial charge in [-0.1, -0.05) is 19.1 Å². The van der Waals surface area contributed by atoms with Crippen molar-refractivity contribution in [2.75, 3.05) is 26.7 Å². The summed E-state index contributed by atoms with van der Waals surface area (Å²) in [6.07, 6.45) is 0.918. The Morgan fingerprint density at radius 2 is 2.06 bits per heavy atom. The molecule has 0 saturated heterocycles. The summed E-state index contributed by atoms with van der Waals surface area (Å²) in [5.74, 6) is 0.588. The highest BCUT2D eigenvalue weighted by Gasteiger charge is 2.17. The molecule has 0 radical (unpaired) electrons. The molecule has 0 aliphatic heterocycles. The summed E-state index contributed by atoms with van der Waals surface area (Å²) in [4.78, 5) is 14.1. The number of nitrogens with zero attached hydrogens (tertiary/aromatic N) is 1. The van der Waals surface area contributed by atoms with Crippen LogP contribution in [0.15, 0.2) is 24.3 Å². The fourth-order valence-corrected chi connectivity index (χ4v) is 1.73. The summed E-state index contributed by atoms with van der Waals surface area (Å²) in [6, 6.07) is 7.26. The van der Waals surface area contributed by atoms with Crippen LogP contribution in [0, 0.1) is 0 Å². The van der Waals surface area contributed by atoms with Gasteiger partial charge in [-0.05, 0) is 18.6 Å². The molecule has 0 atom stereocenters. The zero-order valence-electron chi connectivity index (χ0n) is 10.5. The van der Waals surface area contributed by atoms with Gasteiger partial charge in [0.15, 0.2) is 0 Å². The zero-order valence-corrected chi connectivity index (χ0v) is 10.5. The molecule has 0 aliphatic carbocycles. The predicted molar refractivity (Wildman–Crippen MR) is 68.2 cm³/mol. The summed E-state index contributed by atoms with van der Waals surface area (Å²) in [5, 5.41) is 0. The van der Waals surface area contributed by atoms with Crippen LogP contribution in [0.25, 0.3) is 0 Å². The third kappa shape index (κ3) is 3.46. The van der Waals surface area contributed by atoms with Gasteiger partial charge in [0.25, 0.3) is 5.91 Å². The van der Waals surface area contributed by atoms with Crippen LogP contribution in [0.3, 0.4) is 0 Å². The Balaban J connectivity index is 2.92. The summed E-state index contributed by atoms with van der Waals surface area (Å²) in [6.45, 7) is 3.80. The van der Waals surface area contributed by atoms with Crippen molar-refractivity contribution in [3.05, 3.63) is 29.8 Å². The maximum Gasteiger partial charge on any atom is 0.257 e. The van der Waals surface area contributed by atoms with Crippen molar-refractivity contribution < 1.29 is 9.53 Å². The first-order valence-corrected chi connectivity index (χ1v) is 5.87. The van der Waals surface area contributed by atoms with Crippen LogP contribution in [-0.4, -0.2) is 37.6 Å². The topological polar surface area (TPSA) is 55.6 Å². The summed E-state index contributed by atoms with van der Waals surface area (Å²) >= 11 is 0. The monoisotopic (exact) mass is 236 g/mol. The van der Waals surface area contributed by atoms with Crippen LogP contribution in [0.2, 0.25) is 0 Å². The van der Waals surface area contributed by atoms with E-state index < -0.39 is 0 Å². The second-order valence-corrected chi connectivity index (χ2v) is 3.78. The highest BCUT2D eigenvalue weighted by atomic mass is 16.5. The first-order valence-electron chi connectivity index (χ1n) is 5.87. The predicted octanol–water partition coefficient (Wildman–Crippen LogP) is 1.51. The molecule has 4 heteroatoms. The lowest BCUT2D eigenvalue weighted by atomic mass is 10.1. The van der Waals surface area contributed by atoms with Crippen LogP contribution >= 0.6 is 0 Å². The third-order valence-electron chi connectivity index (χ3n) is 2.52. The van der Waals surface area contributed by atoms with Gasteiger partial charge >= 0.3 is 0 Å². The normalized spacial score (nSPS) is 10.1. The van der Waals surface area contributed by atoms with Crippen molar-refractivity contribution in [3.63, 3.8) is 0 Å². The molecule has 0 fully saturated rings. The van der Waals surface area contributed by atoms with Crippen LogP contribution in [0.5, 0.6) is 5.75 Å². The molecule has 17 heavy (non-hydrogen) atoms. The van der Waals surface area contributed by atoms with E-state index in [1.807, 2.05) is 19.1 Å². The summed E-state index contributed by atoms with van der Waals surface area (Å²) < 4.78 is 5.19.